The standard InChI is InChI=1S/C12H16O3S/c1-4-8-6-11(16-3)9(7-12(13)14)5-10(8)15-2/h5-6H,4,7H2,1-3H3,(H,13,14). The van der Waals surface area contributed by atoms with Gasteiger partial charge in [-0.05, 0) is 35.9 Å². The number of aryl methyl sites for hydroxylation is 1. The molecule has 0 amide bonds. The molecule has 0 fully saturated rings. The van der Waals surface area contributed by atoms with E-state index in [1.165, 1.54) is 0 Å². The fourth-order valence-electron chi connectivity index (χ4n) is 1.60. The van der Waals surface area contributed by atoms with E-state index in [0.717, 1.165) is 28.2 Å². The molecule has 0 aliphatic rings. The molecule has 0 bridgehead atoms. The van der Waals surface area contributed by atoms with Gasteiger partial charge in [0.15, 0.2) is 0 Å². The quantitative estimate of drug-likeness (QED) is 0.804. The number of rotatable bonds is 5. The van der Waals surface area contributed by atoms with Crippen LogP contribution in [0.15, 0.2) is 17.0 Å². The first-order valence-corrected chi connectivity index (χ1v) is 6.30. The molecule has 0 aromatic heterocycles. The maximum Gasteiger partial charge on any atom is 0.307 e. The number of aliphatic carboxylic acids is 1. The largest absolute Gasteiger partial charge is 0.496 e. The summed E-state index contributed by atoms with van der Waals surface area (Å²) >= 11 is 1.57. The Labute approximate surface area is 99.8 Å². The van der Waals surface area contributed by atoms with E-state index in [0.29, 0.717) is 0 Å². The Hall–Kier alpha value is -1.16. The number of thioether (sulfide) groups is 1. The summed E-state index contributed by atoms with van der Waals surface area (Å²) in [5.41, 5.74) is 1.93. The lowest BCUT2D eigenvalue weighted by Crippen LogP contribution is -2.03. The fraction of sp³-hybridized carbons (Fsp3) is 0.417. The molecule has 0 heterocycles. The Morgan fingerprint density at radius 3 is 2.56 bits per heavy atom. The van der Waals surface area contributed by atoms with Crippen molar-refractivity contribution in [2.75, 3.05) is 13.4 Å². The topological polar surface area (TPSA) is 46.5 Å². The lowest BCUT2D eigenvalue weighted by atomic mass is 10.1. The normalized spacial score (nSPS) is 10.2. The van der Waals surface area contributed by atoms with Gasteiger partial charge in [-0.25, -0.2) is 0 Å². The van der Waals surface area contributed by atoms with Gasteiger partial charge in [0.05, 0.1) is 13.5 Å². The Balaban J connectivity index is 3.20. The Morgan fingerprint density at radius 2 is 2.12 bits per heavy atom. The summed E-state index contributed by atoms with van der Waals surface area (Å²) in [6.07, 6.45) is 2.87. The van der Waals surface area contributed by atoms with Crippen molar-refractivity contribution in [2.24, 2.45) is 0 Å². The van der Waals surface area contributed by atoms with Gasteiger partial charge in [0.25, 0.3) is 0 Å². The van der Waals surface area contributed by atoms with E-state index in [-0.39, 0.29) is 6.42 Å². The van der Waals surface area contributed by atoms with Crippen LogP contribution in [0, 0.1) is 0 Å². The number of hydrogen-bond acceptors (Lipinski definition) is 3. The molecule has 1 aromatic carbocycles. The van der Waals surface area contributed by atoms with E-state index in [9.17, 15) is 4.79 Å². The lowest BCUT2D eigenvalue weighted by molar-refractivity contribution is -0.136. The Kier molecular flexibility index (Phi) is 4.68. The minimum absolute atomic E-state index is 0.0382. The number of ether oxygens (including phenoxy) is 1. The van der Waals surface area contributed by atoms with Crippen molar-refractivity contribution >= 4 is 17.7 Å². The molecule has 0 aliphatic carbocycles. The maximum absolute atomic E-state index is 10.7. The van der Waals surface area contributed by atoms with Crippen LogP contribution in [0.1, 0.15) is 18.1 Å². The maximum atomic E-state index is 10.7. The second-order valence-electron chi connectivity index (χ2n) is 3.40. The summed E-state index contributed by atoms with van der Waals surface area (Å²) in [5, 5.41) is 8.83. The number of carboxylic acid groups (broad SMARTS) is 1. The average molecular weight is 240 g/mol. The molecule has 1 N–H and O–H groups in total. The van der Waals surface area contributed by atoms with E-state index >= 15 is 0 Å². The highest BCUT2D eigenvalue weighted by Gasteiger charge is 2.11. The van der Waals surface area contributed by atoms with Gasteiger partial charge < -0.3 is 9.84 Å². The summed E-state index contributed by atoms with van der Waals surface area (Å²) in [7, 11) is 1.61. The predicted octanol–water partition coefficient (Wildman–Crippen LogP) is 2.61. The van der Waals surface area contributed by atoms with Crippen molar-refractivity contribution in [2.45, 2.75) is 24.7 Å². The lowest BCUT2D eigenvalue weighted by Gasteiger charge is -2.12. The molecule has 0 unspecified atom stereocenters. The molecule has 0 aliphatic heterocycles. The SMILES string of the molecule is CCc1cc(SC)c(CC(=O)O)cc1OC. The minimum Gasteiger partial charge on any atom is -0.496 e. The van der Waals surface area contributed by atoms with Gasteiger partial charge in [-0.1, -0.05) is 6.92 Å². The predicted molar refractivity (Wildman–Crippen MR) is 65.5 cm³/mol. The van der Waals surface area contributed by atoms with Gasteiger partial charge in [0.1, 0.15) is 5.75 Å². The zero-order valence-electron chi connectivity index (χ0n) is 9.74. The van der Waals surface area contributed by atoms with Crippen LogP contribution in [0.25, 0.3) is 0 Å². The third kappa shape index (κ3) is 2.92. The highest BCUT2D eigenvalue weighted by atomic mass is 32.2. The van der Waals surface area contributed by atoms with Crippen molar-refractivity contribution in [1.29, 1.82) is 0 Å². The molecule has 16 heavy (non-hydrogen) atoms. The molecule has 0 saturated heterocycles. The summed E-state index contributed by atoms with van der Waals surface area (Å²) in [4.78, 5) is 11.8. The number of methoxy groups -OCH3 is 1. The summed E-state index contributed by atoms with van der Waals surface area (Å²) in [6.45, 7) is 2.05. The van der Waals surface area contributed by atoms with Crippen LogP contribution >= 0.6 is 11.8 Å². The number of carbonyl (C=O) groups is 1. The first-order chi connectivity index (χ1) is 7.62. The van der Waals surface area contributed by atoms with Crippen LogP contribution in [0.3, 0.4) is 0 Å². The zero-order valence-corrected chi connectivity index (χ0v) is 10.6. The van der Waals surface area contributed by atoms with Crippen molar-refractivity contribution in [3.63, 3.8) is 0 Å². The van der Waals surface area contributed by atoms with Crippen molar-refractivity contribution in [1.82, 2.24) is 0 Å². The van der Waals surface area contributed by atoms with Crippen molar-refractivity contribution < 1.29 is 14.6 Å². The number of benzene rings is 1. The second kappa shape index (κ2) is 5.80. The first kappa shape index (κ1) is 12.9. The summed E-state index contributed by atoms with van der Waals surface area (Å²) < 4.78 is 5.26. The number of hydrogen-bond donors (Lipinski definition) is 1. The van der Waals surface area contributed by atoms with Crippen LogP contribution in [-0.4, -0.2) is 24.4 Å². The van der Waals surface area contributed by atoms with Crippen molar-refractivity contribution in [3.05, 3.63) is 23.3 Å². The molecular formula is C12H16O3S. The van der Waals surface area contributed by atoms with Crippen molar-refractivity contribution in [3.8, 4) is 5.75 Å². The third-order valence-electron chi connectivity index (χ3n) is 2.41. The molecule has 4 heteroatoms. The molecule has 0 radical (unpaired) electrons. The van der Waals surface area contributed by atoms with Gasteiger partial charge in [0.2, 0.25) is 0 Å². The minimum atomic E-state index is -0.818. The first-order valence-electron chi connectivity index (χ1n) is 5.07. The van der Waals surface area contributed by atoms with Gasteiger partial charge >= 0.3 is 5.97 Å². The fourth-order valence-corrected chi connectivity index (χ4v) is 2.25. The van der Waals surface area contributed by atoms with Crippen LogP contribution in [0.5, 0.6) is 5.75 Å². The van der Waals surface area contributed by atoms with E-state index in [4.69, 9.17) is 9.84 Å². The average Bonchev–Trinajstić information content (AvgIpc) is 2.27. The molecule has 0 atom stereocenters. The molecule has 0 saturated carbocycles. The smallest absolute Gasteiger partial charge is 0.307 e. The highest BCUT2D eigenvalue weighted by molar-refractivity contribution is 7.98. The number of carboxylic acids is 1. The molecule has 3 nitrogen and oxygen atoms in total. The van der Waals surface area contributed by atoms with E-state index in [2.05, 4.69) is 6.92 Å². The molecule has 1 rings (SSSR count). The zero-order chi connectivity index (χ0) is 12.1. The molecular weight excluding hydrogens is 224 g/mol. The molecule has 88 valence electrons. The van der Waals surface area contributed by atoms with Crippen LogP contribution in [-0.2, 0) is 17.6 Å². The summed E-state index contributed by atoms with van der Waals surface area (Å²) in [6, 6.07) is 3.85. The second-order valence-corrected chi connectivity index (χ2v) is 4.25. The Bertz CT molecular complexity index is 388. The van der Waals surface area contributed by atoms with Gasteiger partial charge in [0, 0.05) is 4.90 Å². The van der Waals surface area contributed by atoms with Gasteiger partial charge in [-0.2, -0.15) is 0 Å². The summed E-state index contributed by atoms with van der Waals surface area (Å²) in [5.74, 6) is -0.0434. The van der Waals surface area contributed by atoms with Gasteiger partial charge in [-0.3, -0.25) is 4.79 Å². The Morgan fingerprint density at radius 1 is 1.44 bits per heavy atom. The van der Waals surface area contributed by atoms with Crippen LogP contribution in [0.2, 0.25) is 0 Å². The van der Waals surface area contributed by atoms with E-state index in [1.54, 1.807) is 18.9 Å². The highest BCUT2D eigenvalue weighted by Crippen LogP contribution is 2.29. The van der Waals surface area contributed by atoms with Crippen LogP contribution < -0.4 is 4.74 Å². The van der Waals surface area contributed by atoms with E-state index < -0.39 is 5.97 Å². The molecule has 1 aromatic rings. The third-order valence-corrected chi connectivity index (χ3v) is 3.23. The monoisotopic (exact) mass is 240 g/mol. The molecule has 0 spiro atoms. The van der Waals surface area contributed by atoms with Crippen LogP contribution in [0.4, 0.5) is 0 Å². The van der Waals surface area contributed by atoms with Gasteiger partial charge in [-0.15, -0.1) is 11.8 Å². The van der Waals surface area contributed by atoms with E-state index in [1.807, 2.05) is 18.4 Å².